The molecule has 2 heterocycles. The van der Waals surface area contributed by atoms with Crippen molar-refractivity contribution in [3.8, 4) is 17.2 Å². The SMILES string of the molecule is CS(=O)(=O)N1CCC(C(=O)NCc2ccc3c(c2)OCO3)Oc2ccccc21. The van der Waals surface area contributed by atoms with E-state index in [2.05, 4.69) is 5.32 Å². The van der Waals surface area contributed by atoms with Crippen molar-refractivity contribution in [2.45, 2.75) is 19.1 Å². The van der Waals surface area contributed by atoms with Gasteiger partial charge in [0.15, 0.2) is 17.6 Å². The number of fused-ring (bicyclic) bond motifs is 2. The summed E-state index contributed by atoms with van der Waals surface area (Å²) in [7, 11) is -3.48. The van der Waals surface area contributed by atoms with Gasteiger partial charge in [-0.3, -0.25) is 9.10 Å². The second kappa shape index (κ2) is 7.23. The fourth-order valence-electron chi connectivity index (χ4n) is 3.21. The van der Waals surface area contributed by atoms with Crippen molar-refractivity contribution in [3.05, 3.63) is 48.0 Å². The molecule has 0 aromatic heterocycles. The van der Waals surface area contributed by atoms with Crippen molar-refractivity contribution < 1.29 is 27.4 Å². The van der Waals surface area contributed by atoms with Crippen LogP contribution in [0.3, 0.4) is 0 Å². The molecule has 2 aromatic carbocycles. The Morgan fingerprint density at radius 2 is 1.93 bits per heavy atom. The Labute approximate surface area is 163 Å². The highest BCUT2D eigenvalue weighted by molar-refractivity contribution is 7.92. The molecule has 0 spiro atoms. The van der Waals surface area contributed by atoms with Crippen LogP contribution in [-0.4, -0.2) is 40.0 Å². The number of rotatable bonds is 4. The highest BCUT2D eigenvalue weighted by Gasteiger charge is 2.30. The second-order valence-electron chi connectivity index (χ2n) is 6.60. The fraction of sp³-hybridized carbons (Fsp3) is 0.316. The van der Waals surface area contributed by atoms with Crippen LogP contribution in [0, 0.1) is 0 Å². The Hall–Kier alpha value is -2.94. The largest absolute Gasteiger partial charge is 0.478 e. The number of para-hydroxylation sites is 2. The number of carbonyl (C=O) groups is 1. The lowest BCUT2D eigenvalue weighted by Crippen LogP contribution is -2.39. The number of carbonyl (C=O) groups excluding carboxylic acids is 1. The number of amides is 1. The molecule has 1 amide bonds. The number of hydrogen-bond acceptors (Lipinski definition) is 6. The number of ether oxygens (including phenoxy) is 3. The number of anilines is 1. The van der Waals surface area contributed by atoms with Crippen LogP contribution < -0.4 is 23.8 Å². The van der Waals surface area contributed by atoms with Gasteiger partial charge in [0.2, 0.25) is 16.8 Å². The third kappa shape index (κ3) is 3.70. The van der Waals surface area contributed by atoms with Crippen LogP contribution in [0.15, 0.2) is 42.5 Å². The van der Waals surface area contributed by atoms with E-state index in [4.69, 9.17) is 14.2 Å². The Bertz CT molecular complexity index is 1010. The summed E-state index contributed by atoms with van der Waals surface area (Å²) < 4.78 is 42.0. The molecule has 1 N–H and O–H groups in total. The first-order valence-electron chi connectivity index (χ1n) is 8.81. The monoisotopic (exact) mass is 404 g/mol. The van der Waals surface area contributed by atoms with E-state index in [1.165, 1.54) is 4.31 Å². The van der Waals surface area contributed by atoms with Gasteiger partial charge >= 0.3 is 0 Å². The Morgan fingerprint density at radius 3 is 2.75 bits per heavy atom. The number of hydrogen-bond donors (Lipinski definition) is 1. The molecular formula is C19H20N2O6S. The third-order valence-electron chi connectivity index (χ3n) is 4.59. The van der Waals surface area contributed by atoms with Gasteiger partial charge in [0.05, 0.1) is 11.9 Å². The summed E-state index contributed by atoms with van der Waals surface area (Å²) in [4.78, 5) is 12.7. The highest BCUT2D eigenvalue weighted by atomic mass is 32.2. The van der Waals surface area contributed by atoms with E-state index in [0.717, 1.165) is 11.8 Å². The van der Waals surface area contributed by atoms with Crippen LogP contribution >= 0.6 is 0 Å². The zero-order valence-corrected chi connectivity index (χ0v) is 16.1. The minimum Gasteiger partial charge on any atom is -0.478 e. The van der Waals surface area contributed by atoms with Gasteiger partial charge in [-0.15, -0.1) is 0 Å². The molecule has 0 saturated carbocycles. The lowest BCUT2D eigenvalue weighted by atomic mass is 10.2. The van der Waals surface area contributed by atoms with Gasteiger partial charge in [0, 0.05) is 19.5 Å². The standard InChI is InChI=1S/C19H20N2O6S/c1-28(23,24)21-9-8-17(27-15-5-3-2-4-14(15)21)19(22)20-11-13-6-7-16-18(10-13)26-12-25-16/h2-7,10,17H,8-9,11-12H2,1H3,(H,20,22). The van der Waals surface area contributed by atoms with Crippen LogP contribution in [0.4, 0.5) is 5.69 Å². The molecule has 9 heteroatoms. The molecule has 28 heavy (non-hydrogen) atoms. The van der Waals surface area contributed by atoms with Crippen molar-refractivity contribution in [1.82, 2.24) is 5.32 Å². The molecule has 8 nitrogen and oxygen atoms in total. The first-order chi connectivity index (χ1) is 13.4. The van der Waals surface area contributed by atoms with Gasteiger partial charge in [-0.1, -0.05) is 18.2 Å². The molecule has 0 radical (unpaired) electrons. The van der Waals surface area contributed by atoms with Crippen molar-refractivity contribution in [3.63, 3.8) is 0 Å². The molecular weight excluding hydrogens is 384 g/mol. The van der Waals surface area contributed by atoms with E-state index in [9.17, 15) is 13.2 Å². The van der Waals surface area contributed by atoms with Gasteiger partial charge in [0.25, 0.3) is 5.91 Å². The van der Waals surface area contributed by atoms with Crippen molar-refractivity contribution in [1.29, 1.82) is 0 Å². The zero-order chi connectivity index (χ0) is 19.7. The average molecular weight is 404 g/mol. The summed E-state index contributed by atoms with van der Waals surface area (Å²) >= 11 is 0. The van der Waals surface area contributed by atoms with Crippen molar-refractivity contribution >= 4 is 21.6 Å². The van der Waals surface area contributed by atoms with E-state index in [-0.39, 0.29) is 25.7 Å². The molecule has 2 aliphatic heterocycles. The van der Waals surface area contributed by atoms with Gasteiger partial charge < -0.3 is 19.5 Å². The molecule has 2 aliphatic rings. The van der Waals surface area contributed by atoms with E-state index in [0.29, 0.717) is 29.5 Å². The molecule has 0 bridgehead atoms. The minimum atomic E-state index is -3.48. The number of sulfonamides is 1. The molecule has 0 aliphatic carbocycles. The summed E-state index contributed by atoms with van der Waals surface area (Å²) in [6.07, 6.45) is 0.598. The predicted molar refractivity (Wildman–Crippen MR) is 102 cm³/mol. The maximum absolute atomic E-state index is 12.7. The first kappa shape index (κ1) is 18.4. The topological polar surface area (TPSA) is 94.2 Å². The van der Waals surface area contributed by atoms with Gasteiger partial charge in [-0.05, 0) is 29.8 Å². The van der Waals surface area contributed by atoms with Gasteiger partial charge in [0.1, 0.15) is 5.75 Å². The average Bonchev–Trinajstić information content (AvgIpc) is 3.03. The van der Waals surface area contributed by atoms with E-state index >= 15 is 0 Å². The normalized spacial score (nSPS) is 18.0. The second-order valence-corrected chi connectivity index (χ2v) is 8.51. The fourth-order valence-corrected chi connectivity index (χ4v) is 4.16. The van der Waals surface area contributed by atoms with E-state index in [1.807, 2.05) is 12.1 Å². The first-order valence-corrected chi connectivity index (χ1v) is 10.7. The van der Waals surface area contributed by atoms with Crippen molar-refractivity contribution in [2.75, 3.05) is 23.9 Å². The number of nitrogens with zero attached hydrogens (tertiary/aromatic N) is 1. The predicted octanol–water partition coefficient (Wildman–Crippen LogP) is 1.65. The minimum absolute atomic E-state index is 0.165. The zero-order valence-electron chi connectivity index (χ0n) is 15.3. The summed E-state index contributed by atoms with van der Waals surface area (Å²) in [6, 6.07) is 12.3. The van der Waals surface area contributed by atoms with E-state index < -0.39 is 16.1 Å². The van der Waals surface area contributed by atoms with Crippen molar-refractivity contribution in [2.24, 2.45) is 0 Å². The maximum atomic E-state index is 12.7. The summed E-state index contributed by atoms with van der Waals surface area (Å²) in [5.74, 6) is 1.39. The lowest BCUT2D eigenvalue weighted by molar-refractivity contribution is -0.128. The maximum Gasteiger partial charge on any atom is 0.261 e. The number of benzene rings is 2. The number of nitrogens with one attached hydrogen (secondary N) is 1. The van der Waals surface area contributed by atoms with E-state index in [1.54, 1.807) is 30.3 Å². The Kier molecular flexibility index (Phi) is 4.76. The molecule has 0 saturated heterocycles. The van der Waals surface area contributed by atoms with Crippen LogP contribution in [0.1, 0.15) is 12.0 Å². The lowest BCUT2D eigenvalue weighted by Gasteiger charge is -2.20. The molecule has 148 valence electrons. The summed E-state index contributed by atoms with van der Waals surface area (Å²) in [5.41, 5.74) is 1.31. The molecule has 1 atom stereocenters. The van der Waals surface area contributed by atoms with Crippen LogP contribution in [0.25, 0.3) is 0 Å². The summed E-state index contributed by atoms with van der Waals surface area (Å²) in [5, 5.41) is 2.84. The van der Waals surface area contributed by atoms with Gasteiger partial charge in [-0.2, -0.15) is 0 Å². The Balaban J connectivity index is 1.47. The third-order valence-corrected chi connectivity index (χ3v) is 5.77. The quantitative estimate of drug-likeness (QED) is 0.833. The molecule has 1 unspecified atom stereocenters. The highest BCUT2D eigenvalue weighted by Crippen LogP contribution is 2.34. The molecule has 2 aromatic rings. The molecule has 4 rings (SSSR count). The smallest absolute Gasteiger partial charge is 0.261 e. The Morgan fingerprint density at radius 1 is 1.14 bits per heavy atom. The van der Waals surface area contributed by atoms with Crippen LogP contribution in [0.2, 0.25) is 0 Å². The van der Waals surface area contributed by atoms with Crippen LogP contribution in [-0.2, 0) is 21.4 Å². The summed E-state index contributed by atoms with van der Waals surface area (Å²) in [6.45, 7) is 0.655. The van der Waals surface area contributed by atoms with Crippen LogP contribution in [0.5, 0.6) is 17.2 Å². The molecule has 0 fully saturated rings. The van der Waals surface area contributed by atoms with Gasteiger partial charge in [-0.25, -0.2) is 8.42 Å².